The maximum absolute atomic E-state index is 2.57. The molecular formula is C11H18. The summed E-state index contributed by atoms with van der Waals surface area (Å²) in [6.45, 7) is 2.57. The van der Waals surface area contributed by atoms with E-state index in [2.05, 4.69) is 6.92 Å². The van der Waals surface area contributed by atoms with Gasteiger partial charge in [0.2, 0.25) is 0 Å². The maximum atomic E-state index is 2.57. The van der Waals surface area contributed by atoms with Crippen LogP contribution in [0, 0.1) is 16.7 Å². The molecule has 0 aromatic carbocycles. The van der Waals surface area contributed by atoms with Crippen LogP contribution in [0.3, 0.4) is 0 Å². The van der Waals surface area contributed by atoms with Gasteiger partial charge in [-0.3, -0.25) is 0 Å². The normalized spacial score (nSPS) is 46.6. The van der Waals surface area contributed by atoms with Crippen molar-refractivity contribution in [1.29, 1.82) is 0 Å². The first-order valence-electron chi connectivity index (χ1n) is 5.27. The zero-order chi connectivity index (χ0) is 7.53. The van der Waals surface area contributed by atoms with E-state index >= 15 is 0 Å². The molecule has 1 atom stereocenters. The van der Waals surface area contributed by atoms with E-state index in [1.165, 1.54) is 12.8 Å². The molecule has 0 bridgehead atoms. The lowest BCUT2D eigenvalue weighted by Crippen LogP contribution is -2.09. The topological polar surface area (TPSA) is 0 Å². The van der Waals surface area contributed by atoms with E-state index in [1.54, 1.807) is 32.1 Å². The molecule has 3 rings (SSSR count). The SMILES string of the molecule is CC1(C2CC2)CC12CCCC2. The van der Waals surface area contributed by atoms with Crippen molar-refractivity contribution in [2.24, 2.45) is 16.7 Å². The third kappa shape index (κ3) is 0.666. The summed E-state index contributed by atoms with van der Waals surface area (Å²) < 4.78 is 0. The van der Waals surface area contributed by atoms with Crippen molar-refractivity contribution < 1.29 is 0 Å². The summed E-state index contributed by atoms with van der Waals surface area (Å²) in [5, 5.41) is 0. The van der Waals surface area contributed by atoms with Gasteiger partial charge in [0.25, 0.3) is 0 Å². The minimum absolute atomic E-state index is 0.837. The monoisotopic (exact) mass is 150 g/mol. The van der Waals surface area contributed by atoms with E-state index in [-0.39, 0.29) is 0 Å². The second-order valence-corrected chi connectivity index (χ2v) is 5.36. The second-order valence-electron chi connectivity index (χ2n) is 5.36. The molecule has 0 radical (unpaired) electrons. The van der Waals surface area contributed by atoms with Crippen molar-refractivity contribution in [2.75, 3.05) is 0 Å². The van der Waals surface area contributed by atoms with Gasteiger partial charge in [0.15, 0.2) is 0 Å². The van der Waals surface area contributed by atoms with Crippen molar-refractivity contribution in [3.8, 4) is 0 Å². The first kappa shape index (κ1) is 6.51. The molecule has 3 fully saturated rings. The van der Waals surface area contributed by atoms with Gasteiger partial charge in [-0.1, -0.05) is 19.8 Å². The van der Waals surface area contributed by atoms with Crippen LogP contribution in [-0.4, -0.2) is 0 Å². The molecule has 3 saturated carbocycles. The third-order valence-electron chi connectivity index (χ3n) is 4.83. The quantitative estimate of drug-likeness (QED) is 0.537. The van der Waals surface area contributed by atoms with Crippen LogP contribution in [0.2, 0.25) is 0 Å². The van der Waals surface area contributed by atoms with Gasteiger partial charge in [0.05, 0.1) is 0 Å². The molecule has 1 unspecified atom stereocenters. The van der Waals surface area contributed by atoms with Crippen molar-refractivity contribution in [1.82, 2.24) is 0 Å². The van der Waals surface area contributed by atoms with Gasteiger partial charge in [0, 0.05) is 0 Å². The fraction of sp³-hybridized carbons (Fsp3) is 1.00. The van der Waals surface area contributed by atoms with E-state index in [0.717, 1.165) is 16.7 Å². The average molecular weight is 150 g/mol. The van der Waals surface area contributed by atoms with Crippen molar-refractivity contribution in [3.63, 3.8) is 0 Å². The van der Waals surface area contributed by atoms with Gasteiger partial charge in [-0.25, -0.2) is 0 Å². The van der Waals surface area contributed by atoms with Crippen molar-refractivity contribution >= 4 is 0 Å². The largest absolute Gasteiger partial charge is 0.0588 e. The lowest BCUT2D eigenvalue weighted by Gasteiger charge is -2.16. The molecule has 0 N–H and O–H groups in total. The molecular weight excluding hydrogens is 132 g/mol. The Labute approximate surface area is 69.4 Å². The fourth-order valence-electron chi connectivity index (χ4n) is 3.76. The van der Waals surface area contributed by atoms with Crippen LogP contribution in [0.25, 0.3) is 0 Å². The lowest BCUT2D eigenvalue weighted by atomic mass is 9.89. The zero-order valence-corrected chi connectivity index (χ0v) is 7.53. The van der Waals surface area contributed by atoms with E-state index in [1.807, 2.05) is 0 Å². The molecule has 0 heterocycles. The summed E-state index contributed by atoms with van der Waals surface area (Å²) in [5.41, 5.74) is 1.72. The van der Waals surface area contributed by atoms with Crippen LogP contribution in [0.5, 0.6) is 0 Å². The number of hydrogen-bond acceptors (Lipinski definition) is 0. The van der Waals surface area contributed by atoms with Gasteiger partial charge in [0.1, 0.15) is 0 Å². The Hall–Kier alpha value is 0. The van der Waals surface area contributed by atoms with Crippen molar-refractivity contribution in [2.45, 2.75) is 51.9 Å². The Morgan fingerprint density at radius 1 is 1.09 bits per heavy atom. The van der Waals surface area contributed by atoms with Gasteiger partial charge >= 0.3 is 0 Å². The fourth-order valence-corrected chi connectivity index (χ4v) is 3.76. The molecule has 1 spiro atoms. The Kier molecular flexibility index (Phi) is 0.990. The smallest absolute Gasteiger partial charge is 0.0235 e. The summed E-state index contributed by atoms with van der Waals surface area (Å²) >= 11 is 0. The predicted octanol–water partition coefficient (Wildman–Crippen LogP) is 3.37. The van der Waals surface area contributed by atoms with E-state index < -0.39 is 0 Å². The molecule has 62 valence electrons. The molecule has 0 saturated heterocycles. The van der Waals surface area contributed by atoms with Gasteiger partial charge < -0.3 is 0 Å². The third-order valence-corrected chi connectivity index (χ3v) is 4.83. The summed E-state index contributed by atoms with van der Waals surface area (Å²) in [6, 6.07) is 0. The second kappa shape index (κ2) is 1.67. The molecule has 3 aliphatic rings. The van der Waals surface area contributed by atoms with Crippen LogP contribution >= 0.6 is 0 Å². The van der Waals surface area contributed by atoms with Crippen LogP contribution in [0.4, 0.5) is 0 Å². The summed E-state index contributed by atoms with van der Waals surface area (Å²) in [4.78, 5) is 0. The summed E-state index contributed by atoms with van der Waals surface area (Å²) in [5.74, 6) is 1.15. The molecule has 0 aromatic rings. The van der Waals surface area contributed by atoms with E-state index in [9.17, 15) is 0 Å². The highest BCUT2D eigenvalue weighted by Crippen LogP contribution is 2.78. The molecule has 0 aromatic heterocycles. The first-order chi connectivity index (χ1) is 5.27. The first-order valence-corrected chi connectivity index (χ1v) is 5.27. The zero-order valence-electron chi connectivity index (χ0n) is 7.53. The average Bonchev–Trinajstić information content (AvgIpc) is 2.82. The Bertz CT molecular complexity index is 182. The van der Waals surface area contributed by atoms with Gasteiger partial charge in [-0.15, -0.1) is 0 Å². The Morgan fingerprint density at radius 3 is 2.27 bits per heavy atom. The molecule has 0 aliphatic heterocycles. The van der Waals surface area contributed by atoms with Crippen LogP contribution < -0.4 is 0 Å². The lowest BCUT2D eigenvalue weighted by molar-refractivity contribution is 0.328. The molecule has 11 heavy (non-hydrogen) atoms. The van der Waals surface area contributed by atoms with Crippen molar-refractivity contribution in [3.05, 3.63) is 0 Å². The van der Waals surface area contributed by atoms with Crippen LogP contribution in [0.15, 0.2) is 0 Å². The highest BCUT2D eigenvalue weighted by atomic mass is 14.7. The molecule has 0 amide bonds. The van der Waals surface area contributed by atoms with E-state index in [0.29, 0.717) is 0 Å². The Morgan fingerprint density at radius 2 is 1.73 bits per heavy atom. The van der Waals surface area contributed by atoms with Gasteiger partial charge in [-0.05, 0) is 48.9 Å². The molecule has 0 heteroatoms. The minimum atomic E-state index is 0.837. The van der Waals surface area contributed by atoms with E-state index in [4.69, 9.17) is 0 Å². The number of hydrogen-bond donors (Lipinski definition) is 0. The van der Waals surface area contributed by atoms with Crippen LogP contribution in [-0.2, 0) is 0 Å². The molecule has 0 nitrogen and oxygen atoms in total. The van der Waals surface area contributed by atoms with Crippen LogP contribution in [0.1, 0.15) is 51.9 Å². The summed E-state index contributed by atoms with van der Waals surface area (Å²) in [6.07, 6.45) is 10.9. The molecule has 3 aliphatic carbocycles. The number of rotatable bonds is 1. The predicted molar refractivity (Wildman–Crippen MR) is 46.3 cm³/mol. The summed E-state index contributed by atoms with van der Waals surface area (Å²) in [7, 11) is 0. The maximum Gasteiger partial charge on any atom is -0.0235 e. The highest BCUT2D eigenvalue weighted by Gasteiger charge is 2.69. The van der Waals surface area contributed by atoms with Gasteiger partial charge in [-0.2, -0.15) is 0 Å². The highest BCUT2D eigenvalue weighted by molar-refractivity contribution is 5.18. The Balaban J connectivity index is 1.83. The minimum Gasteiger partial charge on any atom is -0.0588 e. The standard InChI is InChI=1S/C11H18/c1-10(9-4-5-9)8-11(10)6-2-3-7-11/h9H,2-8H2,1H3.